The standard InChI is InChI=1S/C37H67NO15/c1-35(2)52-33-32-51-31-30-50-29-28-49-27-26-48-25-24-47-23-22-46-21-20-45-19-18-44-17-16-43-15-14-42-13-12-41-11-10-40-9-8-38-37(39)53-34-36-6-4-3-5-7-36/h3-7,35H,8-34H2,1-2H3,(H,38,39). The average molecular weight is 766 g/mol. The lowest BCUT2D eigenvalue weighted by Crippen LogP contribution is -2.28. The number of benzene rings is 1. The molecule has 0 unspecified atom stereocenters. The van der Waals surface area contributed by atoms with Gasteiger partial charge in [0.1, 0.15) is 6.61 Å². The van der Waals surface area contributed by atoms with E-state index in [-0.39, 0.29) is 12.7 Å². The first kappa shape index (κ1) is 49.0. The van der Waals surface area contributed by atoms with Crippen molar-refractivity contribution in [1.29, 1.82) is 0 Å². The monoisotopic (exact) mass is 765 g/mol. The number of amides is 1. The van der Waals surface area contributed by atoms with Crippen LogP contribution in [0.15, 0.2) is 30.3 Å². The maximum absolute atomic E-state index is 11.7. The summed E-state index contributed by atoms with van der Waals surface area (Å²) in [7, 11) is 0. The van der Waals surface area contributed by atoms with Gasteiger partial charge in [-0.15, -0.1) is 0 Å². The lowest BCUT2D eigenvalue weighted by atomic mass is 10.2. The largest absolute Gasteiger partial charge is 0.445 e. The summed E-state index contributed by atoms with van der Waals surface area (Å²) in [5.74, 6) is 0. The van der Waals surface area contributed by atoms with Crippen molar-refractivity contribution in [2.75, 3.05) is 172 Å². The van der Waals surface area contributed by atoms with Gasteiger partial charge in [0.2, 0.25) is 0 Å². The molecule has 16 nitrogen and oxygen atoms in total. The second-order valence-corrected chi connectivity index (χ2v) is 11.3. The van der Waals surface area contributed by atoms with E-state index in [2.05, 4.69) is 5.32 Å². The van der Waals surface area contributed by atoms with Crippen LogP contribution in [0.1, 0.15) is 19.4 Å². The van der Waals surface area contributed by atoms with Crippen molar-refractivity contribution in [2.45, 2.75) is 26.6 Å². The van der Waals surface area contributed by atoms with E-state index in [4.69, 9.17) is 66.3 Å². The van der Waals surface area contributed by atoms with Crippen molar-refractivity contribution in [1.82, 2.24) is 5.32 Å². The summed E-state index contributed by atoms with van der Waals surface area (Å²) in [5, 5.41) is 2.64. The topological polar surface area (TPSA) is 158 Å². The average Bonchev–Trinajstić information content (AvgIpc) is 3.16. The molecule has 16 heteroatoms. The zero-order valence-electron chi connectivity index (χ0n) is 32.2. The Balaban J connectivity index is 1.62. The maximum atomic E-state index is 11.7. The second-order valence-electron chi connectivity index (χ2n) is 11.3. The molecule has 0 heterocycles. The van der Waals surface area contributed by atoms with Crippen molar-refractivity contribution in [3.05, 3.63) is 35.9 Å². The van der Waals surface area contributed by atoms with Gasteiger partial charge < -0.3 is 71.6 Å². The van der Waals surface area contributed by atoms with Crippen LogP contribution in [0.25, 0.3) is 0 Å². The highest BCUT2D eigenvalue weighted by Gasteiger charge is 2.02. The third-order valence-electron chi connectivity index (χ3n) is 6.50. The molecular formula is C37H67NO15. The molecule has 1 aromatic carbocycles. The number of rotatable bonds is 42. The van der Waals surface area contributed by atoms with E-state index in [9.17, 15) is 4.79 Å². The van der Waals surface area contributed by atoms with E-state index in [0.29, 0.717) is 172 Å². The predicted octanol–water partition coefficient (Wildman–Crippen LogP) is 2.54. The van der Waals surface area contributed by atoms with Gasteiger partial charge in [0, 0.05) is 6.54 Å². The van der Waals surface area contributed by atoms with Crippen molar-refractivity contribution >= 4 is 6.09 Å². The SMILES string of the molecule is CC(C)OCCOCCOCCOCCOCCOCCOCCOCCOCCOCCOCCOCCOCCNC(=O)OCc1ccccc1. The van der Waals surface area contributed by atoms with Crippen LogP contribution in [0.3, 0.4) is 0 Å². The highest BCUT2D eigenvalue weighted by Crippen LogP contribution is 2.00. The number of hydrogen-bond acceptors (Lipinski definition) is 15. The van der Waals surface area contributed by atoms with Crippen LogP contribution < -0.4 is 5.32 Å². The Morgan fingerprint density at radius 3 is 1.02 bits per heavy atom. The Morgan fingerprint density at radius 2 is 0.717 bits per heavy atom. The fraction of sp³-hybridized carbons (Fsp3) is 0.811. The van der Waals surface area contributed by atoms with E-state index < -0.39 is 6.09 Å². The molecule has 0 aliphatic rings. The molecule has 1 N–H and O–H groups in total. The smallest absolute Gasteiger partial charge is 0.407 e. The summed E-state index contributed by atoms with van der Waals surface area (Å²) >= 11 is 0. The lowest BCUT2D eigenvalue weighted by Gasteiger charge is -2.09. The minimum Gasteiger partial charge on any atom is -0.445 e. The van der Waals surface area contributed by atoms with Crippen LogP contribution in [0.4, 0.5) is 4.79 Å². The first-order valence-electron chi connectivity index (χ1n) is 18.7. The van der Waals surface area contributed by atoms with E-state index in [0.717, 1.165) is 5.56 Å². The number of carbonyl (C=O) groups is 1. The number of carbonyl (C=O) groups excluding carboxylic acids is 1. The highest BCUT2D eigenvalue weighted by molar-refractivity contribution is 5.67. The van der Waals surface area contributed by atoms with Gasteiger partial charge in [0.25, 0.3) is 0 Å². The van der Waals surface area contributed by atoms with Crippen molar-refractivity contribution in [3.8, 4) is 0 Å². The zero-order chi connectivity index (χ0) is 38.0. The Morgan fingerprint density at radius 1 is 0.434 bits per heavy atom. The predicted molar refractivity (Wildman–Crippen MR) is 196 cm³/mol. The zero-order valence-corrected chi connectivity index (χ0v) is 32.2. The Hall–Kier alpha value is -2.03. The number of alkyl carbamates (subject to hydrolysis) is 1. The summed E-state index contributed by atoms with van der Waals surface area (Å²) in [6.45, 7) is 17.1. The third-order valence-corrected chi connectivity index (χ3v) is 6.50. The summed E-state index contributed by atoms with van der Waals surface area (Å²) in [5.41, 5.74) is 0.936. The van der Waals surface area contributed by atoms with E-state index in [1.807, 2.05) is 44.2 Å². The molecule has 0 aromatic heterocycles. The normalized spacial score (nSPS) is 11.5. The number of ether oxygens (including phenoxy) is 14. The number of nitrogens with one attached hydrogen (secondary N) is 1. The molecule has 0 aliphatic heterocycles. The van der Waals surface area contributed by atoms with Crippen molar-refractivity contribution < 1.29 is 71.1 Å². The quantitative estimate of drug-likeness (QED) is 0.0968. The first-order valence-corrected chi connectivity index (χ1v) is 18.7. The van der Waals surface area contributed by atoms with E-state index in [1.54, 1.807) is 0 Å². The molecule has 53 heavy (non-hydrogen) atoms. The van der Waals surface area contributed by atoms with Gasteiger partial charge in [-0.05, 0) is 19.4 Å². The summed E-state index contributed by atoms with van der Waals surface area (Å²) in [4.78, 5) is 11.7. The molecule has 0 bridgehead atoms. The third kappa shape index (κ3) is 39.5. The van der Waals surface area contributed by atoms with Gasteiger partial charge in [-0.25, -0.2) is 4.79 Å². The molecule has 1 rings (SSSR count). The van der Waals surface area contributed by atoms with Crippen molar-refractivity contribution in [2.24, 2.45) is 0 Å². The maximum Gasteiger partial charge on any atom is 0.407 e. The first-order chi connectivity index (χ1) is 26.2. The van der Waals surface area contributed by atoms with Crippen LogP contribution in [-0.4, -0.2) is 184 Å². The molecule has 0 spiro atoms. The lowest BCUT2D eigenvalue weighted by molar-refractivity contribution is -0.0298. The highest BCUT2D eigenvalue weighted by atomic mass is 16.6. The van der Waals surface area contributed by atoms with Crippen LogP contribution in [-0.2, 0) is 72.9 Å². The summed E-state index contributed by atoms with van der Waals surface area (Å²) in [6, 6.07) is 9.51. The molecule has 1 amide bonds. The molecule has 0 aliphatic carbocycles. The van der Waals surface area contributed by atoms with Gasteiger partial charge in [0.05, 0.1) is 171 Å². The van der Waals surface area contributed by atoms with E-state index in [1.165, 1.54) is 0 Å². The molecule has 0 radical (unpaired) electrons. The minimum absolute atomic E-state index is 0.226. The molecule has 1 aromatic rings. The Bertz CT molecular complexity index is 872. The Labute approximate surface area is 316 Å². The van der Waals surface area contributed by atoms with Crippen LogP contribution in [0, 0.1) is 0 Å². The van der Waals surface area contributed by atoms with Crippen molar-refractivity contribution in [3.63, 3.8) is 0 Å². The summed E-state index contributed by atoms with van der Waals surface area (Å²) in [6.07, 6.45) is -0.245. The minimum atomic E-state index is -0.470. The summed E-state index contributed by atoms with van der Waals surface area (Å²) < 4.78 is 76.1. The number of hydrogen-bond donors (Lipinski definition) is 1. The van der Waals surface area contributed by atoms with Gasteiger partial charge in [-0.2, -0.15) is 0 Å². The van der Waals surface area contributed by atoms with Crippen LogP contribution in [0.5, 0.6) is 0 Å². The van der Waals surface area contributed by atoms with Gasteiger partial charge in [0.15, 0.2) is 0 Å². The van der Waals surface area contributed by atoms with Gasteiger partial charge in [-0.1, -0.05) is 30.3 Å². The molecular weight excluding hydrogens is 698 g/mol. The van der Waals surface area contributed by atoms with Gasteiger partial charge >= 0.3 is 6.09 Å². The molecule has 0 fully saturated rings. The fourth-order valence-corrected chi connectivity index (χ4v) is 3.86. The van der Waals surface area contributed by atoms with Crippen LogP contribution in [0.2, 0.25) is 0 Å². The van der Waals surface area contributed by atoms with Gasteiger partial charge in [-0.3, -0.25) is 0 Å². The fourth-order valence-electron chi connectivity index (χ4n) is 3.86. The Kier molecular flexibility index (Phi) is 38.0. The van der Waals surface area contributed by atoms with Crippen LogP contribution >= 0.6 is 0 Å². The van der Waals surface area contributed by atoms with E-state index >= 15 is 0 Å². The molecule has 310 valence electrons. The second kappa shape index (κ2) is 41.1. The molecule has 0 atom stereocenters. The molecule has 0 saturated heterocycles. The molecule has 0 saturated carbocycles.